The molecule has 0 aliphatic carbocycles. The van der Waals surface area contributed by atoms with Crippen molar-refractivity contribution >= 4 is 31.9 Å². The second kappa shape index (κ2) is 4.28. The van der Waals surface area contributed by atoms with Crippen LogP contribution in [0, 0.1) is 0 Å². The lowest BCUT2D eigenvalue weighted by Gasteiger charge is -1.98. The van der Waals surface area contributed by atoms with Crippen LogP contribution in [0.1, 0.15) is 5.56 Å². The second-order valence-corrected chi connectivity index (χ2v) is 4.31. The van der Waals surface area contributed by atoms with Crippen LogP contribution in [-0.4, -0.2) is 5.16 Å². The number of rotatable bonds is 2. The van der Waals surface area contributed by atoms with Crippen LogP contribution in [0.5, 0.6) is 0 Å². The molecule has 0 bridgehead atoms. The van der Waals surface area contributed by atoms with E-state index in [0.29, 0.717) is 0 Å². The molecule has 72 valence electrons. The van der Waals surface area contributed by atoms with Gasteiger partial charge in [-0.2, -0.15) is 0 Å². The first-order valence-corrected chi connectivity index (χ1v) is 5.98. The molecule has 4 heteroatoms. The molecule has 0 N–H and O–H groups in total. The summed E-state index contributed by atoms with van der Waals surface area (Å²) < 4.78 is 5.98. The van der Waals surface area contributed by atoms with Gasteiger partial charge in [0.25, 0.3) is 0 Å². The summed E-state index contributed by atoms with van der Waals surface area (Å²) in [4.78, 5) is 0. The molecule has 0 aliphatic rings. The lowest BCUT2D eigenvalue weighted by Crippen LogP contribution is -1.82. The van der Waals surface area contributed by atoms with E-state index in [9.17, 15) is 0 Å². The van der Waals surface area contributed by atoms with E-state index in [4.69, 9.17) is 4.52 Å². The summed E-state index contributed by atoms with van der Waals surface area (Å²) in [6, 6.07) is 7.99. The van der Waals surface area contributed by atoms with Crippen molar-refractivity contribution < 1.29 is 4.52 Å². The van der Waals surface area contributed by atoms with Gasteiger partial charge in [-0.05, 0) is 12.1 Å². The molecule has 0 saturated carbocycles. The van der Waals surface area contributed by atoms with Crippen molar-refractivity contribution in [1.29, 1.82) is 0 Å². The molecule has 0 radical (unpaired) electrons. The molecular weight excluding hydrogens is 310 g/mol. The van der Waals surface area contributed by atoms with Gasteiger partial charge < -0.3 is 4.52 Å². The predicted molar refractivity (Wildman–Crippen MR) is 62.3 cm³/mol. The highest BCUT2D eigenvalue weighted by Crippen LogP contribution is 2.26. The molecule has 1 aromatic carbocycles. The van der Waals surface area contributed by atoms with E-state index in [2.05, 4.69) is 37.0 Å². The zero-order valence-electron chi connectivity index (χ0n) is 7.21. The van der Waals surface area contributed by atoms with Gasteiger partial charge in [0.05, 0.1) is 0 Å². The molecule has 1 heterocycles. The predicted octanol–water partition coefficient (Wildman–Crippen LogP) is 4.00. The van der Waals surface area contributed by atoms with Crippen LogP contribution in [0.4, 0.5) is 0 Å². The Bertz CT molecular complexity index is 439. The minimum atomic E-state index is 0.748. The molecule has 0 saturated heterocycles. The van der Waals surface area contributed by atoms with Gasteiger partial charge in [0, 0.05) is 20.9 Å². The molecule has 14 heavy (non-hydrogen) atoms. The van der Waals surface area contributed by atoms with Crippen LogP contribution in [0.2, 0.25) is 0 Å². The molecule has 0 fully saturated rings. The van der Waals surface area contributed by atoms with Crippen LogP contribution in [0.3, 0.4) is 0 Å². The first kappa shape index (κ1) is 9.93. The first-order valence-electron chi connectivity index (χ1n) is 4.06. The molecular formula is C10H7Br2NO. The second-order valence-electron chi connectivity index (χ2n) is 2.83. The van der Waals surface area contributed by atoms with E-state index in [1.54, 1.807) is 6.26 Å². The zero-order chi connectivity index (χ0) is 9.97. The third-order valence-electron chi connectivity index (χ3n) is 1.89. The number of aromatic nitrogens is 1. The smallest absolute Gasteiger partial charge is 0.128 e. The van der Waals surface area contributed by atoms with Gasteiger partial charge in [-0.25, -0.2) is 0 Å². The Morgan fingerprint density at radius 3 is 2.93 bits per heavy atom. The SMILES string of the molecule is BrCc1conc1-c1cccc(Br)c1. The van der Waals surface area contributed by atoms with Crippen LogP contribution in [0.25, 0.3) is 11.3 Å². The molecule has 2 rings (SSSR count). The summed E-state index contributed by atoms with van der Waals surface area (Å²) in [5.41, 5.74) is 3.01. The number of halogens is 2. The van der Waals surface area contributed by atoms with Gasteiger partial charge in [-0.15, -0.1) is 0 Å². The molecule has 0 aliphatic heterocycles. The summed E-state index contributed by atoms with van der Waals surface area (Å²) in [7, 11) is 0. The van der Waals surface area contributed by atoms with E-state index in [0.717, 1.165) is 26.6 Å². The largest absolute Gasteiger partial charge is 0.364 e. The molecule has 2 aromatic rings. The van der Waals surface area contributed by atoms with E-state index in [1.165, 1.54) is 0 Å². The van der Waals surface area contributed by atoms with E-state index >= 15 is 0 Å². The molecule has 2 nitrogen and oxygen atoms in total. The summed E-state index contributed by atoms with van der Waals surface area (Å²) in [5, 5.41) is 4.72. The average Bonchev–Trinajstić information content (AvgIpc) is 2.65. The van der Waals surface area contributed by atoms with Crippen LogP contribution in [-0.2, 0) is 5.33 Å². The van der Waals surface area contributed by atoms with Crippen molar-refractivity contribution in [3.05, 3.63) is 40.6 Å². The van der Waals surface area contributed by atoms with Crippen molar-refractivity contribution in [1.82, 2.24) is 5.16 Å². The fraction of sp³-hybridized carbons (Fsp3) is 0.100. The molecule has 0 spiro atoms. The Morgan fingerprint density at radius 2 is 2.21 bits per heavy atom. The standard InChI is InChI=1S/C10H7Br2NO/c11-5-8-6-14-13-10(8)7-2-1-3-9(12)4-7/h1-4,6H,5H2. The molecule has 0 unspecified atom stereocenters. The summed E-state index contributed by atoms with van der Waals surface area (Å²) >= 11 is 6.82. The highest BCUT2D eigenvalue weighted by molar-refractivity contribution is 9.10. The number of benzene rings is 1. The number of alkyl halides is 1. The number of hydrogen-bond donors (Lipinski definition) is 0. The third kappa shape index (κ3) is 1.91. The van der Waals surface area contributed by atoms with Gasteiger partial charge in [0.15, 0.2) is 0 Å². The Kier molecular flexibility index (Phi) is 3.03. The maximum Gasteiger partial charge on any atom is 0.128 e. The van der Waals surface area contributed by atoms with Crippen molar-refractivity contribution in [2.45, 2.75) is 5.33 Å². The van der Waals surface area contributed by atoms with Crippen molar-refractivity contribution in [2.75, 3.05) is 0 Å². The maximum absolute atomic E-state index is 4.94. The lowest BCUT2D eigenvalue weighted by molar-refractivity contribution is 0.421. The van der Waals surface area contributed by atoms with Gasteiger partial charge >= 0.3 is 0 Å². The number of hydrogen-bond acceptors (Lipinski definition) is 2. The third-order valence-corrected chi connectivity index (χ3v) is 2.98. The normalized spacial score (nSPS) is 10.4. The quantitative estimate of drug-likeness (QED) is 0.783. The highest BCUT2D eigenvalue weighted by atomic mass is 79.9. The van der Waals surface area contributed by atoms with Gasteiger partial charge in [-0.1, -0.05) is 49.1 Å². The fourth-order valence-corrected chi connectivity index (χ4v) is 2.02. The van der Waals surface area contributed by atoms with Crippen LogP contribution in [0.15, 0.2) is 39.5 Å². The minimum absolute atomic E-state index is 0.748. The number of nitrogens with zero attached hydrogens (tertiary/aromatic N) is 1. The molecule has 1 aromatic heterocycles. The van der Waals surface area contributed by atoms with Gasteiger partial charge in [0.1, 0.15) is 12.0 Å². The lowest BCUT2D eigenvalue weighted by atomic mass is 10.1. The van der Waals surface area contributed by atoms with E-state index in [-0.39, 0.29) is 0 Å². The van der Waals surface area contributed by atoms with Crippen molar-refractivity contribution in [3.8, 4) is 11.3 Å². The zero-order valence-corrected chi connectivity index (χ0v) is 10.4. The molecule has 0 atom stereocenters. The highest BCUT2D eigenvalue weighted by Gasteiger charge is 2.08. The average molecular weight is 317 g/mol. The van der Waals surface area contributed by atoms with Crippen LogP contribution >= 0.6 is 31.9 Å². The summed E-state index contributed by atoms with van der Waals surface area (Å²) in [6.07, 6.45) is 1.66. The Labute approximate surface area is 98.6 Å². The van der Waals surface area contributed by atoms with Crippen LogP contribution < -0.4 is 0 Å². The molecule has 0 amide bonds. The fourth-order valence-electron chi connectivity index (χ4n) is 1.23. The Morgan fingerprint density at radius 1 is 1.36 bits per heavy atom. The summed E-state index contributed by atoms with van der Waals surface area (Å²) in [5.74, 6) is 0. The van der Waals surface area contributed by atoms with Gasteiger partial charge in [-0.3, -0.25) is 0 Å². The first-order chi connectivity index (χ1) is 6.81. The Hall–Kier alpha value is -0.610. The van der Waals surface area contributed by atoms with E-state index < -0.39 is 0 Å². The summed E-state index contributed by atoms with van der Waals surface area (Å²) in [6.45, 7) is 0. The minimum Gasteiger partial charge on any atom is -0.364 e. The van der Waals surface area contributed by atoms with E-state index in [1.807, 2.05) is 24.3 Å². The van der Waals surface area contributed by atoms with Crippen molar-refractivity contribution in [2.24, 2.45) is 0 Å². The Balaban J connectivity index is 2.49. The van der Waals surface area contributed by atoms with Gasteiger partial charge in [0.2, 0.25) is 0 Å². The topological polar surface area (TPSA) is 26.0 Å². The maximum atomic E-state index is 4.94. The monoisotopic (exact) mass is 315 g/mol. The van der Waals surface area contributed by atoms with Crippen molar-refractivity contribution in [3.63, 3.8) is 0 Å².